The molecule has 2 rings (SSSR count). The summed E-state index contributed by atoms with van der Waals surface area (Å²) in [5.41, 5.74) is 0.429. The Bertz CT molecular complexity index is 431. The number of nitrogens with one attached hydrogen (secondary N) is 2. The summed E-state index contributed by atoms with van der Waals surface area (Å²) in [5.74, 6) is -0.106. The molecule has 6 nitrogen and oxygen atoms in total. The van der Waals surface area contributed by atoms with E-state index >= 15 is 0 Å². The molecule has 0 spiro atoms. The fraction of sp³-hybridized carbons (Fsp3) is 0.786. The third-order valence-electron chi connectivity index (χ3n) is 3.89. The third kappa shape index (κ3) is 4.97. The Morgan fingerprint density at radius 3 is 2.81 bits per heavy atom. The summed E-state index contributed by atoms with van der Waals surface area (Å²) in [6.45, 7) is 6.22. The smallest absolute Gasteiger partial charge is 0.273 e. The van der Waals surface area contributed by atoms with E-state index in [1.54, 1.807) is 6.20 Å². The second-order valence-electron chi connectivity index (χ2n) is 5.43. The van der Waals surface area contributed by atoms with Crippen LogP contribution in [0.2, 0.25) is 0 Å². The topological polar surface area (TPSA) is 71.8 Å². The highest BCUT2D eigenvalue weighted by Gasteiger charge is 2.19. The minimum absolute atomic E-state index is 0. The van der Waals surface area contributed by atoms with E-state index in [-0.39, 0.29) is 24.4 Å². The molecule has 0 aromatic carbocycles. The van der Waals surface area contributed by atoms with Gasteiger partial charge in [-0.25, -0.2) is 4.68 Å². The van der Waals surface area contributed by atoms with Crippen LogP contribution in [0.3, 0.4) is 0 Å². The number of hydrogen-bond donors (Lipinski definition) is 2. The molecule has 1 saturated heterocycles. The van der Waals surface area contributed by atoms with Crippen molar-refractivity contribution < 1.29 is 4.79 Å². The predicted molar refractivity (Wildman–Crippen MR) is 84.9 cm³/mol. The lowest BCUT2D eigenvalue weighted by molar-refractivity contribution is 0.0928. The van der Waals surface area contributed by atoms with E-state index in [4.69, 9.17) is 0 Å². The molecule has 1 amide bonds. The zero-order valence-electron chi connectivity index (χ0n) is 12.8. The third-order valence-corrected chi connectivity index (χ3v) is 3.89. The van der Waals surface area contributed by atoms with Crippen LogP contribution in [0.15, 0.2) is 6.20 Å². The summed E-state index contributed by atoms with van der Waals surface area (Å²) in [5, 5.41) is 14.5. The second-order valence-corrected chi connectivity index (χ2v) is 5.43. The molecule has 1 aromatic rings. The van der Waals surface area contributed by atoms with Gasteiger partial charge in [-0.3, -0.25) is 4.79 Å². The monoisotopic (exact) mass is 315 g/mol. The largest absolute Gasteiger partial charge is 0.348 e. The Balaban J connectivity index is 0.00000220. The molecule has 2 heterocycles. The van der Waals surface area contributed by atoms with Crippen molar-refractivity contribution in [1.29, 1.82) is 0 Å². The highest BCUT2D eigenvalue weighted by molar-refractivity contribution is 5.92. The Morgan fingerprint density at radius 1 is 1.48 bits per heavy atom. The van der Waals surface area contributed by atoms with Crippen LogP contribution < -0.4 is 10.6 Å². The number of halogens is 1. The molecule has 120 valence electrons. The maximum atomic E-state index is 12.1. The lowest BCUT2D eigenvalue weighted by Gasteiger charge is -2.22. The van der Waals surface area contributed by atoms with Crippen LogP contribution in [-0.2, 0) is 0 Å². The highest BCUT2D eigenvalue weighted by atomic mass is 35.5. The van der Waals surface area contributed by atoms with Crippen LogP contribution >= 0.6 is 12.4 Å². The van der Waals surface area contributed by atoms with Gasteiger partial charge in [0.15, 0.2) is 5.69 Å². The quantitative estimate of drug-likeness (QED) is 0.841. The summed E-state index contributed by atoms with van der Waals surface area (Å²) in [6.07, 6.45) is 6.88. The van der Waals surface area contributed by atoms with Gasteiger partial charge in [-0.05, 0) is 38.8 Å². The van der Waals surface area contributed by atoms with Gasteiger partial charge in [0.2, 0.25) is 0 Å². The molecule has 0 aliphatic carbocycles. The van der Waals surface area contributed by atoms with E-state index in [2.05, 4.69) is 34.8 Å². The maximum Gasteiger partial charge on any atom is 0.273 e. The van der Waals surface area contributed by atoms with Gasteiger partial charge in [0.1, 0.15) is 0 Å². The first-order valence-corrected chi connectivity index (χ1v) is 7.68. The molecule has 1 aromatic heterocycles. The minimum atomic E-state index is -0.106. The van der Waals surface area contributed by atoms with Gasteiger partial charge < -0.3 is 10.6 Å². The molecule has 1 aliphatic rings. The zero-order valence-corrected chi connectivity index (χ0v) is 13.7. The first kappa shape index (κ1) is 17.9. The van der Waals surface area contributed by atoms with Crippen LogP contribution in [0.4, 0.5) is 0 Å². The van der Waals surface area contributed by atoms with Crippen molar-refractivity contribution >= 4 is 18.3 Å². The molecule has 0 saturated carbocycles. The fourth-order valence-corrected chi connectivity index (χ4v) is 2.62. The second kappa shape index (κ2) is 9.00. The summed E-state index contributed by atoms with van der Waals surface area (Å²) >= 11 is 0. The van der Waals surface area contributed by atoms with Crippen molar-refractivity contribution in [3.8, 4) is 0 Å². The number of carbonyl (C=O) groups excluding carboxylic acids is 1. The Kier molecular flexibility index (Phi) is 7.67. The summed E-state index contributed by atoms with van der Waals surface area (Å²) < 4.78 is 1.84. The molecule has 21 heavy (non-hydrogen) atoms. The van der Waals surface area contributed by atoms with Gasteiger partial charge in [-0.15, -0.1) is 17.5 Å². The molecule has 1 aliphatic heterocycles. The molecule has 1 unspecified atom stereocenters. The van der Waals surface area contributed by atoms with Crippen LogP contribution in [-0.4, -0.2) is 40.0 Å². The molecule has 0 radical (unpaired) electrons. The number of hydrogen-bond acceptors (Lipinski definition) is 4. The van der Waals surface area contributed by atoms with E-state index in [1.165, 1.54) is 0 Å². The van der Waals surface area contributed by atoms with E-state index in [0.717, 1.165) is 45.2 Å². The van der Waals surface area contributed by atoms with Crippen LogP contribution in [0.5, 0.6) is 0 Å². The average molecular weight is 316 g/mol. The molecule has 1 fully saturated rings. The van der Waals surface area contributed by atoms with Gasteiger partial charge in [-0.1, -0.05) is 25.5 Å². The molecular formula is C14H26ClN5O. The lowest BCUT2D eigenvalue weighted by Crippen LogP contribution is -2.34. The number of carbonyl (C=O) groups is 1. The minimum Gasteiger partial charge on any atom is -0.348 e. The summed E-state index contributed by atoms with van der Waals surface area (Å²) in [6, 6.07) is 0.597. The SMILES string of the molecule is CCCC(CC)NC(=O)c1cn(C2CCNCC2)nn1.Cl. The predicted octanol–water partition coefficient (Wildman–Crippen LogP) is 1.93. The van der Waals surface area contributed by atoms with Crippen molar-refractivity contribution in [3.63, 3.8) is 0 Å². The van der Waals surface area contributed by atoms with E-state index in [9.17, 15) is 4.79 Å². The Morgan fingerprint density at radius 2 is 2.19 bits per heavy atom. The Labute approximate surface area is 132 Å². The maximum absolute atomic E-state index is 12.1. The van der Waals surface area contributed by atoms with Crippen LogP contribution in [0.25, 0.3) is 0 Å². The summed E-state index contributed by atoms with van der Waals surface area (Å²) in [4.78, 5) is 12.1. The Hall–Kier alpha value is -1.14. The van der Waals surface area contributed by atoms with E-state index < -0.39 is 0 Å². The standard InChI is InChI=1S/C14H25N5O.ClH/c1-3-5-11(4-2)16-14(20)13-10-19(18-17-13)12-6-8-15-9-7-12;/h10-12,15H,3-9H2,1-2H3,(H,16,20);1H. The average Bonchev–Trinajstić information content (AvgIpc) is 2.97. The molecule has 1 atom stereocenters. The van der Waals surface area contributed by atoms with E-state index in [1.807, 2.05) is 4.68 Å². The van der Waals surface area contributed by atoms with Gasteiger partial charge in [0.05, 0.1) is 12.2 Å². The van der Waals surface area contributed by atoms with Crippen molar-refractivity contribution in [2.24, 2.45) is 0 Å². The van der Waals surface area contributed by atoms with Crippen LogP contribution in [0.1, 0.15) is 62.5 Å². The van der Waals surface area contributed by atoms with Gasteiger partial charge in [0, 0.05) is 6.04 Å². The van der Waals surface area contributed by atoms with Gasteiger partial charge in [0.25, 0.3) is 5.91 Å². The molecule has 0 bridgehead atoms. The van der Waals surface area contributed by atoms with Crippen LogP contribution in [0, 0.1) is 0 Å². The zero-order chi connectivity index (χ0) is 14.4. The van der Waals surface area contributed by atoms with E-state index in [0.29, 0.717) is 11.7 Å². The van der Waals surface area contributed by atoms with Gasteiger partial charge in [-0.2, -0.15) is 0 Å². The molecular weight excluding hydrogens is 290 g/mol. The van der Waals surface area contributed by atoms with Gasteiger partial charge >= 0.3 is 0 Å². The number of nitrogens with zero attached hydrogens (tertiary/aromatic N) is 3. The van der Waals surface area contributed by atoms with Crippen molar-refractivity contribution in [1.82, 2.24) is 25.6 Å². The summed E-state index contributed by atoms with van der Waals surface area (Å²) in [7, 11) is 0. The highest BCUT2D eigenvalue weighted by Crippen LogP contribution is 2.17. The number of aromatic nitrogens is 3. The normalized spacial score (nSPS) is 17.0. The number of amides is 1. The lowest BCUT2D eigenvalue weighted by atomic mass is 10.1. The molecule has 2 N–H and O–H groups in total. The molecule has 7 heteroatoms. The fourth-order valence-electron chi connectivity index (χ4n) is 2.62. The first-order valence-electron chi connectivity index (χ1n) is 7.68. The van der Waals surface area contributed by atoms with Crippen molar-refractivity contribution in [3.05, 3.63) is 11.9 Å². The first-order chi connectivity index (χ1) is 9.74. The number of piperidine rings is 1. The number of rotatable bonds is 6. The van der Waals surface area contributed by atoms with Crippen molar-refractivity contribution in [2.75, 3.05) is 13.1 Å². The van der Waals surface area contributed by atoms with Crippen molar-refractivity contribution in [2.45, 2.75) is 58.0 Å².